The summed E-state index contributed by atoms with van der Waals surface area (Å²) in [6, 6.07) is 4.24. The lowest BCUT2D eigenvalue weighted by atomic mass is 9.91. The van der Waals surface area contributed by atoms with Crippen molar-refractivity contribution in [3.63, 3.8) is 0 Å². The van der Waals surface area contributed by atoms with Gasteiger partial charge in [-0.3, -0.25) is 9.10 Å². The molecular weight excluding hydrogens is 380 g/mol. The van der Waals surface area contributed by atoms with E-state index in [4.69, 9.17) is 16.3 Å². The summed E-state index contributed by atoms with van der Waals surface area (Å²) in [7, 11) is -0.642. The number of ether oxygens (including phenoxy) is 1. The molecule has 26 heavy (non-hydrogen) atoms. The monoisotopic (exact) mass is 404 g/mol. The lowest BCUT2D eigenvalue weighted by Crippen LogP contribution is -2.50. The Labute approximate surface area is 159 Å². The lowest BCUT2D eigenvalue weighted by Gasteiger charge is -2.36. The molecule has 0 spiro atoms. The molecule has 0 aliphatic heterocycles. The molecule has 0 radical (unpaired) electrons. The van der Waals surface area contributed by atoms with Crippen LogP contribution in [0.2, 0.25) is 5.02 Å². The van der Waals surface area contributed by atoms with Crippen molar-refractivity contribution >= 4 is 33.2 Å². The van der Waals surface area contributed by atoms with Gasteiger partial charge in [0.05, 0.1) is 36.2 Å². The zero-order chi connectivity index (χ0) is 19.5. The van der Waals surface area contributed by atoms with E-state index >= 15 is 0 Å². The van der Waals surface area contributed by atoms with Crippen molar-refractivity contribution in [2.75, 3.05) is 31.3 Å². The second-order valence-corrected chi connectivity index (χ2v) is 8.83. The molecule has 1 aliphatic rings. The van der Waals surface area contributed by atoms with Gasteiger partial charge in [-0.1, -0.05) is 24.4 Å². The molecule has 2 unspecified atom stereocenters. The van der Waals surface area contributed by atoms with Gasteiger partial charge < -0.3 is 14.7 Å². The number of aliphatic hydroxyl groups excluding tert-OH is 1. The first kappa shape index (κ1) is 20.8. The summed E-state index contributed by atoms with van der Waals surface area (Å²) >= 11 is 6.09. The highest BCUT2D eigenvalue weighted by atomic mass is 35.5. The average molecular weight is 405 g/mol. The molecule has 7 nitrogen and oxygen atoms in total. The summed E-state index contributed by atoms with van der Waals surface area (Å²) in [5, 5.41) is 10.4. The van der Waals surface area contributed by atoms with Gasteiger partial charge >= 0.3 is 0 Å². The number of carbonyl (C=O) groups is 1. The van der Waals surface area contributed by atoms with Crippen LogP contribution in [-0.4, -0.2) is 63.4 Å². The van der Waals surface area contributed by atoms with Crippen molar-refractivity contribution in [1.29, 1.82) is 0 Å². The number of likely N-dealkylation sites (N-methyl/N-ethyl adjacent to an activating group) is 1. The highest BCUT2D eigenvalue weighted by Gasteiger charge is 2.31. The molecule has 2 rings (SSSR count). The number of hydrogen-bond acceptors (Lipinski definition) is 5. The van der Waals surface area contributed by atoms with Gasteiger partial charge in [-0.15, -0.1) is 0 Å². The lowest BCUT2D eigenvalue weighted by molar-refractivity contribution is -0.133. The number of hydrogen-bond donors (Lipinski definition) is 1. The molecule has 0 bridgehead atoms. The number of carbonyl (C=O) groups excluding carboxylic acids is 1. The molecule has 1 aliphatic carbocycles. The Kier molecular flexibility index (Phi) is 6.76. The van der Waals surface area contributed by atoms with Gasteiger partial charge in [0, 0.05) is 7.05 Å². The molecule has 1 amide bonds. The average Bonchev–Trinajstić information content (AvgIpc) is 2.58. The Hall–Kier alpha value is -1.51. The van der Waals surface area contributed by atoms with E-state index < -0.39 is 16.1 Å². The number of benzene rings is 1. The van der Waals surface area contributed by atoms with E-state index in [1.807, 2.05) is 0 Å². The standard InChI is InChI=1S/C17H25ClN2O5S/c1-19(14-6-4-5-7-15(14)21)17(22)11-20(26(3,23)24)12-8-9-16(25-2)13(18)10-12/h8-10,14-15,21H,4-7,11H2,1-3H3. The topological polar surface area (TPSA) is 87.2 Å². The number of nitrogens with zero attached hydrogens (tertiary/aromatic N) is 2. The fraction of sp³-hybridized carbons (Fsp3) is 0.588. The Bertz CT molecular complexity index is 756. The van der Waals surface area contributed by atoms with Crippen molar-refractivity contribution in [1.82, 2.24) is 4.90 Å². The van der Waals surface area contributed by atoms with Gasteiger partial charge in [-0.05, 0) is 31.0 Å². The predicted octanol–water partition coefficient (Wildman–Crippen LogP) is 1.88. The number of sulfonamides is 1. The van der Waals surface area contributed by atoms with Crippen LogP contribution in [0.4, 0.5) is 5.69 Å². The smallest absolute Gasteiger partial charge is 0.243 e. The molecule has 1 aromatic carbocycles. The summed E-state index contributed by atoms with van der Waals surface area (Å²) in [6.07, 6.45) is 3.67. The van der Waals surface area contributed by atoms with E-state index in [2.05, 4.69) is 0 Å². The van der Waals surface area contributed by atoms with Gasteiger partial charge in [0.25, 0.3) is 0 Å². The second kappa shape index (κ2) is 8.45. The van der Waals surface area contributed by atoms with Gasteiger partial charge in [-0.2, -0.15) is 0 Å². The summed E-state index contributed by atoms with van der Waals surface area (Å²) in [5.74, 6) is 0.0333. The van der Waals surface area contributed by atoms with Crippen LogP contribution >= 0.6 is 11.6 Å². The number of rotatable bonds is 6. The zero-order valence-electron chi connectivity index (χ0n) is 15.2. The summed E-state index contributed by atoms with van der Waals surface area (Å²) in [5.41, 5.74) is 0.282. The van der Waals surface area contributed by atoms with E-state index in [0.717, 1.165) is 23.4 Å². The summed E-state index contributed by atoms with van der Waals surface area (Å²) in [4.78, 5) is 14.1. The largest absolute Gasteiger partial charge is 0.495 e. The minimum Gasteiger partial charge on any atom is -0.495 e. The third-order valence-electron chi connectivity index (χ3n) is 4.69. The molecule has 2 atom stereocenters. The molecule has 9 heteroatoms. The first-order chi connectivity index (χ1) is 12.1. The van der Waals surface area contributed by atoms with Crippen molar-refractivity contribution < 1.29 is 23.1 Å². The van der Waals surface area contributed by atoms with Crippen LogP contribution in [0.15, 0.2) is 18.2 Å². The SMILES string of the molecule is COc1ccc(N(CC(=O)N(C)C2CCCCC2O)S(C)(=O)=O)cc1Cl. The van der Waals surface area contributed by atoms with E-state index in [1.54, 1.807) is 13.1 Å². The number of aliphatic hydroxyl groups is 1. The Morgan fingerprint density at radius 2 is 2.00 bits per heavy atom. The van der Waals surface area contributed by atoms with E-state index in [0.29, 0.717) is 18.6 Å². The van der Waals surface area contributed by atoms with Crippen molar-refractivity contribution in [3.8, 4) is 5.75 Å². The normalized spacial score (nSPS) is 20.5. The fourth-order valence-corrected chi connectivity index (χ4v) is 4.27. The predicted molar refractivity (Wildman–Crippen MR) is 101 cm³/mol. The number of amides is 1. The first-order valence-electron chi connectivity index (χ1n) is 8.40. The van der Waals surface area contributed by atoms with E-state index in [-0.39, 0.29) is 29.2 Å². The maximum absolute atomic E-state index is 12.7. The van der Waals surface area contributed by atoms with Crippen molar-refractivity contribution in [3.05, 3.63) is 23.2 Å². The van der Waals surface area contributed by atoms with Gasteiger partial charge in [0.2, 0.25) is 15.9 Å². The van der Waals surface area contributed by atoms with Crippen LogP contribution in [0.25, 0.3) is 0 Å². The van der Waals surface area contributed by atoms with E-state index in [1.165, 1.54) is 24.1 Å². The second-order valence-electron chi connectivity index (χ2n) is 6.51. The minimum atomic E-state index is -3.70. The summed E-state index contributed by atoms with van der Waals surface area (Å²) < 4.78 is 30.5. The van der Waals surface area contributed by atoms with Gasteiger partial charge in [0.15, 0.2) is 0 Å². The molecule has 1 saturated carbocycles. The third kappa shape index (κ3) is 4.81. The van der Waals surface area contributed by atoms with Crippen molar-refractivity contribution in [2.24, 2.45) is 0 Å². The molecule has 0 saturated heterocycles. The Morgan fingerprint density at radius 1 is 1.35 bits per heavy atom. The van der Waals surface area contributed by atoms with Crippen LogP contribution in [-0.2, 0) is 14.8 Å². The quantitative estimate of drug-likeness (QED) is 0.782. The Morgan fingerprint density at radius 3 is 2.54 bits per heavy atom. The number of halogens is 1. The Balaban J connectivity index is 2.23. The van der Waals surface area contributed by atoms with Gasteiger partial charge in [-0.25, -0.2) is 8.42 Å². The molecule has 1 aromatic rings. The van der Waals surface area contributed by atoms with E-state index in [9.17, 15) is 18.3 Å². The number of anilines is 1. The van der Waals surface area contributed by atoms with Crippen LogP contribution in [0, 0.1) is 0 Å². The molecule has 1 fully saturated rings. The highest BCUT2D eigenvalue weighted by molar-refractivity contribution is 7.92. The van der Waals surface area contributed by atoms with Crippen LogP contribution in [0.1, 0.15) is 25.7 Å². The number of methoxy groups -OCH3 is 1. The maximum Gasteiger partial charge on any atom is 0.243 e. The van der Waals surface area contributed by atoms with Crippen LogP contribution in [0.3, 0.4) is 0 Å². The summed E-state index contributed by atoms with van der Waals surface area (Å²) in [6.45, 7) is -0.360. The third-order valence-corrected chi connectivity index (χ3v) is 6.12. The highest BCUT2D eigenvalue weighted by Crippen LogP contribution is 2.30. The minimum absolute atomic E-state index is 0.252. The molecule has 146 valence electrons. The van der Waals surface area contributed by atoms with Crippen LogP contribution in [0.5, 0.6) is 5.75 Å². The molecule has 1 N–H and O–H groups in total. The van der Waals surface area contributed by atoms with Gasteiger partial charge in [0.1, 0.15) is 12.3 Å². The zero-order valence-corrected chi connectivity index (χ0v) is 16.8. The van der Waals surface area contributed by atoms with Crippen LogP contribution < -0.4 is 9.04 Å². The fourth-order valence-electron chi connectivity index (χ4n) is 3.17. The molecule has 0 aromatic heterocycles. The maximum atomic E-state index is 12.7. The first-order valence-corrected chi connectivity index (χ1v) is 10.6. The molecule has 0 heterocycles. The van der Waals surface area contributed by atoms with Crippen molar-refractivity contribution in [2.45, 2.75) is 37.8 Å². The molecular formula is C17H25ClN2O5S.